The first-order valence-electron chi connectivity index (χ1n) is 7.13. The first kappa shape index (κ1) is 17.5. The van der Waals surface area contributed by atoms with Crippen LogP contribution in [0.5, 0.6) is 0 Å². The van der Waals surface area contributed by atoms with E-state index < -0.39 is 5.60 Å². The molecular formula is C16H25NO4. The largest absolute Gasteiger partial charge is 0.460 e. The number of aliphatic hydroxyl groups is 2. The molecule has 2 N–H and O–H groups in total. The van der Waals surface area contributed by atoms with Gasteiger partial charge in [0.2, 0.25) is 0 Å². The van der Waals surface area contributed by atoms with E-state index in [0.29, 0.717) is 13.1 Å². The second kappa shape index (κ2) is 8.00. The van der Waals surface area contributed by atoms with Crippen LogP contribution >= 0.6 is 0 Å². The van der Waals surface area contributed by atoms with Crippen LogP contribution in [0, 0.1) is 0 Å². The van der Waals surface area contributed by atoms with Gasteiger partial charge >= 0.3 is 5.97 Å². The van der Waals surface area contributed by atoms with E-state index in [1.165, 1.54) is 0 Å². The molecule has 1 aromatic rings. The Morgan fingerprint density at radius 1 is 1.10 bits per heavy atom. The summed E-state index contributed by atoms with van der Waals surface area (Å²) in [5, 5.41) is 18.0. The van der Waals surface area contributed by atoms with Gasteiger partial charge in [0, 0.05) is 18.8 Å². The van der Waals surface area contributed by atoms with Crippen LogP contribution < -0.4 is 4.90 Å². The second-order valence-electron chi connectivity index (χ2n) is 5.86. The first-order valence-corrected chi connectivity index (χ1v) is 7.13. The molecule has 0 aliphatic heterocycles. The third-order valence-corrected chi connectivity index (χ3v) is 2.81. The molecule has 0 aromatic heterocycles. The lowest BCUT2D eigenvalue weighted by Crippen LogP contribution is -2.29. The Hall–Kier alpha value is -1.59. The summed E-state index contributed by atoms with van der Waals surface area (Å²) in [5.41, 5.74) is 1.31. The maximum Gasteiger partial charge on any atom is 0.310 e. The molecule has 118 valence electrons. The lowest BCUT2D eigenvalue weighted by Gasteiger charge is -2.23. The fraction of sp³-hybridized carbons (Fsp3) is 0.562. The topological polar surface area (TPSA) is 70.0 Å². The predicted molar refractivity (Wildman–Crippen MR) is 82.4 cm³/mol. The molecule has 0 aliphatic rings. The van der Waals surface area contributed by atoms with Gasteiger partial charge < -0.3 is 19.8 Å². The van der Waals surface area contributed by atoms with Crippen molar-refractivity contribution >= 4 is 11.7 Å². The molecule has 0 atom stereocenters. The number of ether oxygens (including phenoxy) is 1. The minimum Gasteiger partial charge on any atom is -0.460 e. The van der Waals surface area contributed by atoms with Crippen LogP contribution in [0.1, 0.15) is 26.3 Å². The maximum atomic E-state index is 11.8. The monoisotopic (exact) mass is 295 g/mol. The molecule has 0 radical (unpaired) electrons. The summed E-state index contributed by atoms with van der Waals surface area (Å²) in [6.07, 6.45) is 0.234. The number of carbonyl (C=O) groups is 1. The molecule has 0 fully saturated rings. The fourth-order valence-electron chi connectivity index (χ4n) is 1.98. The summed E-state index contributed by atoms with van der Waals surface area (Å²) < 4.78 is 5.28. The highest BCUT2D eigenvalue weighted by atomic mass is 16.6. The SMILES string of the molecule is CC(C)(C)OC(=O)Cc1ccc(N(CCO)CCO)cc1. The summed E-state index contributed by atoms with van der Waals surface area (Å²) in [7, 11) is 0. The van der Waals surface area contributed by atoms with E-state index in [1.807, 2.05) is 49.9 Å². The number of esters is 1. The second-order valence-corrected chi connectivity index (χ2v) is 5.86. The van der Waals surface area contributed by atoms with Crippen LogP contribution in [0.4, 0.5) is 5.69 Å². The Labute approximate surface area is 126 Å². The van der Waals surface area contributed by atoms with Crippen LogP contribution in [0.2, 0.25) is 0 Å². The van der Waals surface area contributed by atoms with E-state index in [0.717, 1.165) is 11.3 Å². The Morgan fingerprint density at radius 3 is 2.05 bits per heavy atom. The molecule has 0 bridgehead atoms. The van der Waals surface area contributed by atoms with Gasteiger partial charge in [0.05, 0.1) is 19.6 Å². The normalized spacial score (nSPS) is 11.3. The minimum atomic E-state index is -0.476. The highest BCUT2D eigenvalue weighted by Crippen LogP contribution is 2.16. The van der Waals surface area contributed by atoms with Crippen molar-refractivity contribution in [3.05, 3.63) is 29.8 Å². The van der Waals surface area contributed by atoms with E-state index in [2.05, 4.69) is 0 Å². The Morgan fingerprint density at radius 2 is 1.62 bits per heavy atom. The van der Waals surface area contributed by atoms with E-state index >= 15 is 0 Å². The number of aliphatic hydroxyl groups excluding tert-OH is 2. The van der Waals surface area contributed by atoms with Crippen molar-refractivity contribution in [2.24, 2.45) is 0 Å². The van der Waals surface area contributed by atoms with Crippen LogP contribution in [0.25, 0.3) is 0 Å². The smallest absolute Gasteiger partial charge is 0.310 e. The van der Waals surface area contributed by atoms with Gasteiger partial charge in [0.15, 0.2) is 0 Å². The molecule has 0 spiro atoms. The average molecular weight is 295 g/mol. The molecule has 5 heteroatoms. The molecule has 0 saturated carbocycles. The number of nitrogens with zero attached hydrogens (tertiary/aromatic N) is 1. The number of benzene rings is 1. The molecule has 0 heterocycles. The van der Waals surface area contributed by atoms with Crippen molar-refractivity contribution in [1.82, 2.24) is 0 Å². The van der Waals surface area contributed by atoms with Gasteiger partial charge in [-0.15, -0.1) is 0 Å². The molecule has 5 nitrogen and oxygen atoms in total. The number of hydrogen-bond donors (Lipinski definition) is 2. The summed E-state index contributed by atoms with van der Waals surface area (Å²) >= 11 is 0. The van der Waals surface area contributed by atoms with Crippen molar-refractivity contribution in [3.8, 4) is 0 Å². The highest BCUT2D eigenvalue weighted by molar-refractivity contribution is 5.73. The molecule has 1 rings (SSSR count). The minimum absolute atomic E-state index is 0.0274. The van der Waals surface area contributed by atoms with E-state index in [9.17, 15) is 4.79 Å². The molecule has 0 unspecified atom stereocenters. The van der Waals surface area contributed by atoms with E-state index in [-0.39, 0.29) is 25.6 Å². The maximum absolute atomic E-state index is 11.8. The molecule has 0 amide bonds. The zero-order valence-corrected chi connectivity index (χ0v) is 13.0. The Balaban J connectivity index is 2.66. The summed E-state index contributed by atoms with van der Waals surface area (Å²) in [4.78, 5) is 13.6. The molecule has 1 aromatic carbocycles. The van der Waals surface area contributed by atoms with Gasteiger partial charge in [-0.25, -0.2) is 0 Å². The lowest BCUT2D eigenvalue weighted by molar-refractivity contribution is -0.153. The summed E-state index contributed by atoms with van der Waals surface area (Å²) in [6.45, 7) is 6.51. The third kappa shape index (κ3) is 6.60. The van der Waals surface area contributed by atoms with Crippen molar-refractivity contribution < 1.29 is 19.7 Å². The molecule has 0 aliphatic carbocycles. The average Bonchev–Trinajstić information content (AvgIpc) is 2.37. The van der Waals surface area contributed by atoms with Crippen molar-refractivity contribution in [1.29, 1.82) is 0 Å². The molecular weight excluding hydrogens is 270 g/mol. The quantitative estimate of drug-likeness (QED) is 0.743. The Kier molecular flexibility index (Phi) is 6.65. The first-order chi connectivity index (χ1) is 9.85. The van der Waals surface area contributed by atoms with Gasteiger partial charge in [-0.2, -0.15) is 0 Å². The Bertz CT molecular complexity index is 431. The third-order valence-electron chi connectivity index (χ3n) is 2.81. The zero-order valence-electron chi connectivity index (χ0n) is 13.0. The number of anilines is 1. The zero-order chi connectivity index (χ0) is 15.9. The number of hydrogen-bond acceptors (Lipinski definition) is 5. The molecule has 21 heavy (non-hydrogen) atoms. The fourth-order valence-corrected chi connectivity index (χ4v) is 1.98. The van der Waals surface area contributed by atoms with Crippen molar-refractivity contribution in [3.63, 3.8) is 0 Å². The standard InChI is InChI=1S/C16H25NO4/c1-16(2,3)21-15(20)12-13-4-6-14(7-5-13)17(8-10-18)9-11-19/h4-7,18-19H,8-12H2,1-3H3. The highest BCUT2D eigenvalue weighted by Gasteiger charge is 2.16. The van der Waals surface area contributed by atoms with Crippen molar-refractivity contribution in [2.45, 2.75) is 32.8 Å². The van der Waals surface area contributed by atoms with Gasteiger partial charge in [0.1, 0.15) is 5.60 Å². The van der Waals surface area contributed by atoms with Crippen LogP contribution in [-0.2, 0) is 16.0 Å². The van der Waals surface area contributed by atoms with E-state index in [4.69, 9.17) is 14.9 Å². The number of rotatable bonds is 7. The molecule has 0 saturated heterocycles. The van der Waals surface area contributed by atoms with Gasteiger partial charge in [-0.1, -0.05) is 12.1 Å². The van der Waals surface area contributed by atoms with Crippen LogP contribution in [-0.4, -0.2) is 48.1 Å². The van der Waals surface area contributed by atoms with E-state index in [1.54, 1.807) is 0 Å². The van der Waals surface area contributed by atoms with Crippen LogP contribution in [0.15, 0.2) is 24.3 Å². The van der Waals surface area contributed by atoms with Crippen molar-refractivity contribution in [2.75, 3.05) is 31.2 Å². The summed E-state index contributed by atoms with van der Waals surface area (Å²) in [5.74, 6) is -0.252. The van der Waals surface area contributed by atoms with Gasteiger partial charge in [0.25, 0.3) is 0 Å². The number of carbonyl (C=O) groups excluding carboxylic acids is 1. The predicted octanol–water partition coefficient (Wildman–Crippen LogP) is 1.36. The lowest BCUT2D eigenvalue weighted by atomic mass is 10.1. The summed E-state index contributed by atoms with van der Waals surface area (Å²) in [6, 6.07) is 7.48. The van der Waals surface area contributed by atoms with Gasteiger partial charge in [-0.05, 0) is 38.5 Å². The van der Waals surface area contributed by atoms with Gasteiger partial charge in [-0.3, -0.25) is 4.79 Å². The van der Waals surface area contributed by atoms with Crippen LogP contribution in [0.3, 0.4) is 0 Å².